The van der Waals surface area contributed by atoms with Crippen LogP contribution in [0.25, 0.3) is 0 Å². The molecule has 0 aliphatic rings. The summed E-state index contributed by atoms with van der Waals surface area (Å²) in [6.45, 7) is 5.57. The first-order valence-corrected chi connectivity index (χ1v) is 27.3. The molecule has 0 radical (unpaired) electrons. The molecule has 2 atom stereocenters. The van der Waals surface area contributed by atoms with Crippen molar-refractivity contribution in [2.45, 2.75) is 231 Å². The highest BCUT2D eigenvalue weighted by atomic mass is 16.2. The molecule has 18 nitrogen and oxygen atoms in total. The number of carbonyl (C=O) groups is 6. The monoisotopic (exact) mass is 989 g/mol. The van der Waals surface area contributed by atoms with Crippen LogP contribution in [0.5, 0.6) is 0 Å². The second-order valence-electron chi connectivity index (χ2n) is 18.8. The summed E-state index contributed by atoms with van der Waals surface area (Å²) in [4.78, 5) is 87.0. The van der Waals surface area contributed by atoms with E-state index >= 15 is 0 Å². The number of carbonyl (C=O) groups excluding carboxylic acids is 6. The highest BCUT2D eigenvalue weighted by molar-refractivity contribution is 5.99. The molecule has 0 aromatic rings. The number of rotatable bonds is 48. The number of nitrogens with one attached hydrogen (secondary N) is 4. The van der Waals surface area contributed by atoms with Crippen LogP contribution in [0.4, 0.5) is 0 Å². The Hall–Kier alpha value is -4.90. The van der Waals surface area contributed by atoms with Crippen LogP contribution in [0, 0.1) is 0 Å². The van der Waals surface area contributed by atoms with Gasteiger partial charge in [-0.2, -0.15) is 0 Å². The summed E-state index contributed by atoms with van der Waals surface area (Å²) in [6.07, 6.45) is 35.5. The summed E-state index contributed by atoms with van der Waals surface area (Å²) in [5.74, 6) is -3.13. The lowest BCUT2D eigenvalue weighted by atomic mass is 10.0. The molecule has 0 saturated heterocycles. The zero-order chi connectivity index (χ0) is 51.9. The van der Waals surface area contributed by atoms with Crippen molar-refractivity contribution in [3.63, 3.8) is 0 Å². The van der Waals surface area contributed by atoms with Crippen LogP contribution < -0.4 is 49.9 Å². The van der Waals surface area contributed by atoms with Crippen LogP contribution in [0.1, 0.15) is 219 Å². The molecule has 14 N–H and O–H groups in total. The van der Waals surface area contributed by atoms with Gasteiger partial charge in [0, 0.05) is 64.3 Å². The average Bonchev–Trinajstić information content (AvgIpc) is 3.32. The molecule has 0 rings (SSSR count). The lowest BCUT2D eigenvalue weighted by Crippen LogP contribution is -2.52. The van der Waals surface area contributed by atoms with Crippen LogP contribution >= 0.6 is 0 Å². The Labute approximate surface area is 422 Å². The number of hydrogen-bond acceptors (Lipinski definition) is 8. The van der Waals surface area contributed by atoms with Crippen LogP contribution in [-0.2, 0) is 28.8 Å². The maximum absolute atomic E-state index is 13.5. The van der Waals surface area contributed by atoms with E-state index in [0.29, 0.717) is 25.7 Å². The van der Waals surface area contributed by atoms with E-state index in [4.69, 9.17) is 28.7 Å². The fourth-order valence-corrected chi connectivity index (χ4v) is 8.08. The zero-order valence-electron chi connectivity index (χ0n) is 43.9. The van der Waals surface area contributed by atoms with E-state index < -0.39 is 35.7 Å². The van der Waals surface area contributed by atoms with E-state index in [0.717, 1.165) is 50.7 Å². The van der Waals surface area contributed by atoms with Gasteiger partial charge in [-0.05, 0) is 38.5 Å². The van der Waals surface area contributed by atoms with Crippen molar-refractivity contribution < 1.29 is 28.8 Å². The van der Waals surface area contributed by atoms with Gasteiger partial charge in [0.2, 0.25) is 35.4 Å². The van der Waals surface area contributed by atoms with Gasteiger partial charge in [-0.3, -0.25) is 38.8 Å². The summed E-state index contributed by atoms with van der Waals surface area (Å²) in [5, 5.41) is 11.0. The van der Waals surface area contributed by atoms with Gasteiger partial charge >= 0.3 is 0 Å². The van der Waals surface area contributed by atoms with E-state index in [-0.39, 0.29) is 75.8 Å². The van der Waals surface area contributed by atoms with Crippen molar-refractivity contribution in [1.82, 2.24) is 26.2 Å². The molecule has 0 bridgehead atoms. The van der Waals surface area contributed by atoms with Gasteiger partial charge in [0.15, 0.2) is 11.9 Å². The molecule has 0 saturated carbocycles. The van der Waals surface area contributed by atoms with Gasteiger partial charge in [-0.1, -0.05) is 168 Å². The minimum atomic E-state index is -1.13. The predicted octanol–water partition coefficient (Wildman–Crippen LogP) is 6.13. The number of nitrogens with two attached hydrogens (primary N) is 5. The second kappa shape index (κ2) is 46.5. The Balaban J connectivity index is 5.31. The Bertz CT molecular complexity index is 1440. The molecule has 0 fully saturated rings. The maximum atomic E-state index is 13.5. The third kappa shape index (κ3) is 42.0. The number of hydrogen-bond donors (Lipinski definition) is 9. The van der Waals surface area contributed by atoms with Crippen LogP contribution in [-0.4, -0.2) is 104 Å². The fourth-order valence-electron chi connectivity index (χ4n) is 8.08. The van der Waals surface area contributed by atoms with E-state index in [9.17, 15) is 28.8 Å². The first-order valence-electron chi connectivity index (χ1n) is 27.3. The molecular formula is C52H100N12O6. The summed E-state index contributed by atoms with van der Waals surface area (Å²) in [7, 11) is 0. The standard InChI is InChI=1S/C52H100N12O6/c1-3-5-7-9-11-13-15-17-19-21-23-25-27-33-45(65)58-39-41-64(42-40-59-46(66)34-28-26-24-22-20-18-16-14-12-10-8-6-4-2)48(68)36-35-47(67)62-44(32-30-38-61-52(56)57)50(70)63-43(49(53)69)31-29-37-60-51(54)55/h35-36,43-44H,3-34,37-42H2,1-2H3,(H2,53,69)(H,58,65)(H,59,66)(H,62,67)(H,63,70)(H4,54,55,60)(H4,56,57,61)/b36-35-/t43-,44-/m0/s1. The minimum absolute atomic E-state index is 0.0898. The topological polar surface area (TPSA) is 309 Å². The Morgan fingerprint density at radius 1 is 0.457 bits per heavy atom. The molecule has 6 amide bonds. The molecule has 0 aromatic heterocycles. The van der Waals surface area contributed by atoms with Crippen molar-refractivity contribution in [2.75, 3.05) is 39.3 Å². The van der Waals surface area contributed by atoms with Gasteiger partial charge in [0.25, 0.3) is 0 Å². The number of aliphatic imine (C=N–C) groups is 2. The minimum Gasteiger partial charge on any atom is -0.370 e. The molecule has 0 aliphatic heterocycles. The number of amides is 6. The Morgan fingerprint density at radius 2 is 0.814 bits per heavy atom. The quantitative estimate of drug-likeness (QED) is 0.0145. The predicted molar refractivity (Wildman–Crippen MR) is 285 cm³/mol. The van der Waals surface area contributed by atoms with Gasteiger partial charge < -0.3 is 54.8 Å². The average molecular weight is 989 g/mol. The fraction of sp³-hybridized carbons (Fsp3) is 0.808. The third-order valence-corrected chi connectivity index (χ3v) is 12.3. The number of unbranched alkanes of at least 4 members (excludes halogenated alkanes) is 24. The Kier molecular flexibility index (Phi) is 43.2. The number of nitrogens with zero attached hydrogens (tertiary/aromatic N) is 3. The largest absolute Gasteiger partial charge is 0.370 e. The lowest BCUT2D eigenvalue weighted by molar-refractivity contribution is -0.130. The van der Waals surface area contributed by atoms with E-state index in [1.807, 2.05) is 0 Å². The summed E-state index contributed by atoms with van der Waals surface area (Å²) >= 11 is 0. The molecule has 404 valence electrons. The highest BCUT2D eigenvalue weighted by Gasteiger charge is 2.25. The van der Waals surface area contributed by atoms with Gasteiger partial charge in [-0.25, -0.2) is 0 Å². The van der Waals surface area contributed by atoms with Crippen molar-refractivity contribution >= 4 is 47.4 Å². The van der Waals surface area contributed by atoms with E-state index in [1.165, 1.54) is 133 Å². The van der Waals surface area contributed by atoms with Gasteiger partial charge in [-0.15, -0.1) is 0 Å². The molecule has 18 heteroatoms. The van der Waals surface area contributed by atoms with Crippen LogP contribution in [0.2, 0.25) is 0 Å². The molecule has 0 heterocycles. The Morgan fingerprint density at radius 3 is 1.17 bits per heavy atom. The van der Waals surface area contributed by atoms with E-state index in [2.05, 4.69) is 45.1 Å². The van der Waals surface area contributed by atoms with Crippen LogP contribution in [0.3, 0.4) is 0 Å². The van der Waals surface area contributed by atoms with Crippen molar-refractivity contribution in [1.29, 1.82) is 0 Å². The van der Waals surface area contributed by atoms with Gasteiger partial charge in [0.1, 0.15) is 12.1 Å². The summed E-state index contributed by atoms with van der Waals surface area (Å²) in [6, 6.07) is -2.19. The van der Waals surface area contributed by atoms with Crippen molar-refractivity contribution in [3.05, 3.63) is 12.2 Å². The number of guanidine groups is 2. The van der Waals surface area contributed by atoms with E-state index in [1.54, 1.807) is 0 Å². The smallest absolute Gasteiger partial charge is 0.246 e. The second-order valence-corrected chi connectivity index (χ2v) is 18.8. The molecule has 0 unspecified atom stereocenters. The first kappa shape index (κ1) is 65.1. The molecule has 70 heavy (non-hydrogen) atoms. The van der Waals surface area contributed by atoms with Crippen molar-refractivity contribution in [2.24, 2.45) is 38.7 Å². The molecule has 0 spiro atoms. The molecular weight excluding hydrogens is 889 g/mol. The molecule has 0 aliphatic carbocycles. The SMILES string of the molecule is CCCCCCCCCCCCCCCC(=O)NCCN(CCNC(=O)CCCCCCCCCCCCCCC)C(=O)/C=C\C(=O)N[C@@H](CCCN=C(N)N)C(=O)N[C@@H](CCCN=C(N)N)C(N)=O. The normalized spacial score (nSPS) is 11.9. The summed E-state index contributed by atoms with van der Waals surface area (Å²) in [5.41, 5.74) is 27.2. The zero-order valence-corrected chi connectivity index (χ0v) is 43.9. The van der Waals surface area contributed by atoms with Gasteiger partial charge in [0.05, 0.1) is 0 Å². The highest BCUT2D eigenvalue weighted by Crippen LogP contribution is 2.15. The maximum Gasteiger partial charge on any atom is 0.246 e. The number of primary amides is 1. The third-order valence-electron chi connectivity index (χ3n) is 12.3. The van der Waals surface area contributed by atoms with Crippen molar-refractivity contribution in [3.8, 4) is 0 Å². The lowest BCUT2D eigenvalue weighted by Gasteiger charge is -2.22. The first-order chi connectivity index (χ1) is 33.8. The molecule has 0 aromatic carbocycles. The van der Waals surface area contributed by atoms with Crippen LogP contribution in [0.15, 0.2) is 22.1 Å². The summed E-state index contributed by atoms with van der Waals surface area (Å²) < 4.78 is 0.